The number of rotatable bonds is 7. The Hall–Kier alpha value is -2.94. The van der Waals surface area contributed by atoms with Crippen LogP contribution in [0.1, 0.15) is 61.8 Å². The first-order chi connectivity index (χ1) is 13.5. The Labute approximate surface area is 169 Å². The summed E-state index contributed by atoms with van der Waals surface area (Å²) in [5.74, 6) is -2.46. The fraction of sp³-hybridized carbons (Fsp3) is 0.500. The second-order valence-electron chi connectivity index (χ2n) is 7.77. The smallest absolute Gasteiger partial charge is 0.408 e. The first kappa shape index (κ1) is 22.4. The number of hydrogen-bond donors (Lipinski definition) is 1. The van der Waals surface area contributed by atoms with Gasteiger partial charge in [-0.15, -0.1) is 0 Å². The Morgan fingerprint density at radius 1 is 1.07 bits per heavy atom. The van der Waals surface area contributed by atoms with Crippen LogP contribution in [0.5, 0.6) is 0 Å². The van der Waals surface area contributed by atoms with Crippen LogP contribution in [-0.2, 0) is 19.1 Å². The molecule has 0 radical (unpaired) electrons. The van der Waals surface area contributed by atoms with Gasteiger partial charge in [0, 0.05) is 13.0 Å². The summed E-state index contributed by atoms with van der Waals surface area (Å²) >= 11 is 0. The lowest BCUT2D eigenvalue weighted by atomic mass is 10.1. The van der Waals surface area contributed by atoms with Crippen molar-refractivity contribution in [2.75, 3.05) is 6.61 Å². The van der Waals surface area contributed by atoms with Gasteiger partial charge in [0.25, 0.3) is 11.8 Å². The number of fused-ring (bicyclic) bond motifs is 1. The van der Waals surface area contributed by atoms with Crippen molar-refractivity contribution in [1.82, 2.24) is 10.4 Å². The number of carbonyl (C=O) groups excluding carboxylic acids is 4. The van der Waals surface area contributed by atoms with Crippen LogP contribution >= 0.6 is 0 Å². The Morgan fingerprint density at radius 2 is 1.62 bits per heavy atom. The lowest BCUT2D eigenvalue weighted by molar-refractivity contribution is -0.171. The summed E-state index contributed by atoms with van der Waals surface area (Å²) < 4.78 is 10.6. The van der Waals surface area contributed by atoms with Crippen LogP contribution in [-0.4, -0.2) is 53.3 Å². The highest BCUT2D eigenvalue weighted by molar-refractivity contribution is 6.20. The minimum Gasteiger partial charge on any atom is -0.444 e. The van der Waals surface area contributed by atoms with E-state index in [0.29, 0.717) is 5.06 Å². The quantitative estimate of drug-likeness (QED) is 0.692. The molecule has 0 saturated carbocycles. The zero-order valence-electron chi connectivity index (χ0n) is 17.2. The summed E-state index contributed by atoms with van der Waals surface area (Å²) in [7, 11) is 0. The van der Waals surface area contributed by atoms with Gasteiger partial charge in [-0.1, -0.05) is 17.2 Å². The second kappa shape index (κ2) is 9.04. The van der Waals surface area contributed by atoms with Crippen molar-refractivity contribution in [3.63, 3.8) is 0 Å². The number of ether oxygens (including phenoxy) is 2. The van der Waals surface area contributed by atoms with Crippen LogP contribution in [0.4, 0.5) is 4.79 Å². The highest BCUT2D eigenvalue weighted by atomic mass is 16.7. The molecule has 1 heterocycles. The van der Waals surface area contributed by atoms with Gasteiger partial charge in [0.2, 0.25) is 0 Å². The summed E-state index contributed by atoms with van der Waals surface area (Å²) in [6.07, 6.45) is -0.838. The zero-order valence-corrected chi connectivity index (χ0v) is 17.2. The molecule has 3 amide bonds. The van der Waals surface area contributed by atoms with E-state index in [1.165, 1.54) is 12.1 Å². The molecular weight excluding hydrogens is 380 g/mol. The monoisotopic (exact) mass is 406 g/mol. The molecule has 1 aromatic carbocycles. The maximum atomic E-state index is 12.6. The highest BCUT2D eigenvalue weighted by Crippen LogP contribution is 2.23. The normalized spacial score (nSPS) is 14.6. The summed E-state index contributed by atoms with van der Waals surface area (Å²) in [5.41, 5.74) is -0.481. The molecule has 1 atom stereocenters. The predicted octanol–water partition coefficient (Wildman–Crippen LogP) is 2.45. The average Bonchev–Trinajstić information content (AvgIpc) is 2.84. The molecule has 0 fully saturated rings. The van der Waals surface area contributed by atoms with Crippen molar-refractivity contribution in [3.8, 4) is 0 Å². The number of alkyl carbamates (subject to hydrolysis) is 1. The van der Waals surface area contributed by atoms with E-state index in [4.69, 9.17) is 14.3 Å². The Balaban J connectivity index is 2.09. The molecule has 29 heavy (non-hydrogen) atoms. The Kier molecular flexibility index (Phi) is 6.97. The van der Waals surface area contributed by atoms with Crippen molar-refractivity contribution in [3.05, 3.63) is 35.4 Å². The Morgan fingerprint density at radius 3 is 2.10 bits per heavy atom. The van der Waals surface area contributed by atoms with Gasteiger partial charge < -0.3 is 19.6 Å². The first-order valence-corrected chi connectivity index (χ1v) is 9.30. The minimum absolute atomic E-state index is 0.0689. The zero-order chi connectivity index (χ0) is 21.8. The third kappa shape index (κ3) is 6.02. The van der Waals surface area contributed by atoms with Gasteiger partial charge in [-0.05, 0) is 46.8 Å². The van der Waals surface area contributed by atoms with E-state index in [9.17, 15) is 19.2 Å². The third-order valence-corrected chi connectivity index (χ3v) is 3.77. The van der Waals surface area contributed by atoms with Crippen molar-refractivity contribution < 1.29 is 33.5 Å². The predicted molar refractivity (Wildman–Crippen MR) is 102 cm³/mol. The Bertz CT molecular complexity index is 763. The molecule has 158 valence electrons. The number of hydrogen-bond acceptors (Lipinski definition) is 7. The average molecular weight is 406 g/mol. The lowest BCUT2D eigenvalue weighted by Gasteiger charge is -2.24. The maximum Gasteiger partial charge on any atom is 0.408 e. The minimum atomic E-state index is -1.17. The molecule has 9 heteroatoms. The molecule has 0 aromatic heterocycles. The second-order valence-corrected chi connectivity index (χ2v) is 7.77. The van der Waals surface area contributed by atoms with Crippen LogP contribution in [0.2, 0.25) is 0 Å². The molecule has 1 N–H and O–H groups in total. The number of carbonyl (C=O) groups is 4. The summed E-state index contributed by atoms with van der Waals surface area (Å²) in [4.78, 5) is 54.5. The number of imide groups is 1. The van der Waals surface area contributed by atoms with Crippen molar-refractivity contribution in [2.24, 2.45) is 0 Å². The van der Waals surface area contributed by atoms with Crippen LogP contribution < -0.4 is 5.32 Å². The van der Waals surface area contributed by atoms with E-state index in [1.54, 1.807) is 32.9 Å². The number of nitrogens with zero attached hydrogens (tertiary/aromatic N) is 1. The summed E-state index contributed by atoms with van der Waals surface area (Å²) in [5, 5.41) is 2.81. The van der Waals surface area contributed by atoms with Crippen molar-refractivity contribution >= 4 is 23.9 Å². The van der Waals surface area contributed by atoms with Crippen molar-refractivity contribution in [1.29, 1.82) is 0 Å². The van der Waals surface area contributed by atoms with E-state index in [-0.39, 0.29) is 30.3 Å². The van der Waals surface area contributed by atoms with Gasteiger partial charge >= 0.3 is 12.1 Å². The molecule has 0 saturated heterocycles. The number of nitrogens with one attached hydrogen (secondary N) is 1. The summed E-state index contributed by atoms with van der Waals surface area (Å²) in [6, 6.07) is 4.97. The van der Waals surface area contributed by atoms with Gasteiger partial charge in [-0.3, -0.25) is 9.59 Å². The fourth-order valence-corrected chi connectivity index (χ4v) is 2.52. The third-order valence-electron chi connectivity index (χ3n) is 3.77. The molecule has 1 aliphatic heterocycles. The molecule has 1 aromatic rings. The van der Waals surface area contributed by atoms with Gasteiger partial charge in [0.05, 0.1) is 17.2 Å². The molecule has 2 rings (SSSR count). The number of hydroxylamine groups is 2. The molecule has 0 aliphatic carbocycles. The van der Waals surface area contributed by atoms with Crippen LogP contribution in [0.15, 0.2) is 24.3 Å². The molecule has 1 aliphatic rings. The fourth-order valence-electron chi connectivity index (χ4n) is 2.52. The standard InChI is InChI=1S/C20H26N2O7/c1-12(2)27-11-10-15(21-19(26)28-20(3,4)5)18(25)29-22-16(23)13-8-6-7-9-14(13)17(22)24/h6-9,12,15H,10-11H2,1-5H3,(H,21,26). The van der Waals surface area contributed by atoms with E-state index >= 15 is 0 Å². The topological polar surface area (TPSA) is 111 Å². The van der Waals surface area contributed by atoms with Crippen LogP contribution in [0, 0.1) is 0 Å². The molecular formula is C20H26N2O7. The number of amides is 3. The maximum absolute atomic E-state index is 12.6. The van der Waals surface area contributed by atoms with Gasteiger partial charge in [-0.25, -0.2) is 9.59 Å². The summed E-state index contributed by atoms with van der Waals surface area (Å²) in [6.45, 7) is 8.85. The van der Waals surface area contributed by atoms with E-state index in [0.717, 1.165) is 0 Å². The molecule has 0 spiro atoms. The lowest BCUT2D eigenvalue weighted by Crippen LogP contribution is -2.47. The molecule has 1 unspecified atom stereocenters. The van der Waals surface area contributed by atoms with Crippen LogP contribution in [0.25, 0.3) is 0 Å². The van der Waals surface area contributed by atoms with E-state index in [2.05, 4.69) is 5.32 Å². The van der Waals surface area contributed by atoms with E-state index in [1.807, 2.05) is 13.8 Å². The van der Waals surface area contributed by atoms with Crippen LogP contribution in [0.3, 0.4) is 0 Å². The highest BCUT2D eigenvalue weighted by Gasteiger charge is 2.40. The first-order valence-electron chi connectivity index (χ1n) is 9.30. The van der Waals surface area contributed by atoms with Crippen molar-refractivity contribution in [2.45, 2.75) is 58.8 Å². The largest absolute Gasteiger partial charge is 0.444 e. The SMILES string of the molecule is CC(C)OCCC(NC(=O)OC(C)(C)C)C(=O)ON1C(=O)c2ccccc2C1=O. The molecule has 0 bridgehead atoms. The van der Waals surface area contributed by atoms with E-state index < -0.39 is 35.5 Å². The molecule has 9 nitrogen and oxygen atoms in total. The van der Waals surface area contributed by atoms with Gasteiger partial charge in [0.15, 0.2) is 0 Å². The number of benzene rings is 1. The van der Waals surface area contributed by atoms with Gasteiger partial charge in [-0.2, -0.15) is 0 Å². The van der Waals surface area contributed by atoms with Gasteiger partial charge in [0.1, 0.15) is 11.6 Å².